The van der Waals surface area contributed by atoms with Crippen molar-refractivity contribution in [3.05, 3.63) is 430 Å². The number of nitrogens with zero attached hydrogens (tertiary/aromatic N) is 1. The summed E-state index contributed by atoms with van der Waals surface area (Å²) < 4.78 is 20.3. The van der Waals surface area contributed by atoms with E-state index in [-0.39, 0.29) is 5.41 Å². The van der Waals surface area contributed by atoms with Gasteiger partial charge in [0, 0.05) is 32.4 Å². The fraction of sp³-hybridized carbons (Fsp3) is 0.0680. The molecule has 0 N–H and O–H groups in total. The summed E-state index contributed by atoms with van der Waals surface area (Å²) in [5.41, 5.74) is 37.7. The van der Waals surface area contributed by atoms with E-state index in [0.717, 1.165) is 54.9 Å². The standard InChI is InChI=1S/C103H68NOP/c1-100(2,3)67-45-47-68(48-46-67)104-98-55-43-63(65-41-51-80-76-29-11-19-37-90(76)101(94(80)59-65)86-33-15-7-25-72(86)73-26-8-16-34-87(73)101)57-84(98)85-58-64(44-56-99(85)104)66-42-52-81-77-30-13-21-39-92(77)103(95(81)60-66)93-40-22-14-32-79(93)83-54-50-71(62-97(83)103)106(105,69-23-5-4-6-24-69)70-49-53-82-78-31-12-20-38-91(78)102(96(82)61-70)88-35-17-9-27-74(88)75-28-10-18-36-89(75)102/h4-62H,1-3H3. The molecule has 0 radical (unpaired) electrons. The van der Waals surface area contributed by atoms with Gasteiger partial charge in [0.15, 0.2) is 7.14 Å². The van der Waals surface area contributed by atoms with Crippen molar-refractivity contribution in [1.29, 1.82) is 0 Å². The van der Waals surface area contributed by atoms with Crippen molar-refractivity contribution in [3.63, 3.8) is 0 Å². The quantitative estimate of drug-likeness (QED) is 0.152. The molecule has 496 valence electrons. The van der Waals surface area contributed by atoms with Crippen LogP contribution in [0.1, 0.15) is 93.1 Å². The third kappa shape index (κ3) is 7.54. The molecule has 2 atom stereocenters. The second kappa shape index (κ2) is 21.4. The number of benzene rings is 16. The summed E-state index contributed by atoms with van der Waals surface area (Å²) in [5.74, 6) is 0. The predicted molar refractivity (Wildman–Crippen MR) is 439 cm³/mol. The highest BCUT2D eigenvalue weighted by molar-refractivity contribution is 7.85. The van der Waals surface area contributed by atoms with Gasteiger partial charge in [-0.1, -0.05) is 318 Å². The summed E-state index contributed by atoms with van der Waals surface area (Å²) in [6, 6.07) is 134. The van der Waals surface area contributed by atoms with Gasteiger partial charge in [0.1, 0.15) is 0 Å². The molecule has 106 heavy (non-hydrogen) atoms. The van der Waals surface area contributed by atoms with Gasteiger partial charge in [0.2, 0.25) is 0 Å². The Morgan fingerprint density at radius 3 is 0.830 bits per heavy atom. The summed E-state index contributed by atoms with van der Waals surface area (Å²) in [6.07, 6.45) is 0. The lowest BCUT2D eigenvalue weighted by molar-refractivity contribution is 0.590. The first-order chi connectivity index (χ1) is 52.1. The lowest BCUT2D eigenvalue weighted by Gasteiger charge is -2.32. The first-order valence-corrected chi connectivity index (χ1v) is 39.0. The molecule has 0 bridgehead atoms. The molecule has 17 aromatic rings. The largest absolute Gasteiger partial charge is 0.309 e. The number of fused-ring (bicyclic) bond motifs is 33. The van der Waals surface area contributed by atoms with Gasteiger partial charge < -0.3 is 9.13 Å². The summed E-state index contributed by atoms with van der Waals surface area (Å²) in [7, 11) is -3.69. The highest BCUT2D eigenvalue weighted by Crippen LogP contribution is 2.67. The summed E-state index contributed by atoms with van der Waals surface area (Å²) >= 11 is 0. The summed E-state index contributed by atoms with van der Waals surface area (Å²) in [6.45, 7) is 6.87. The smallest absolute Gasteiger partial charge is 0.171 e. The molecular weight excluding hydrogens is 1300 g/mol. The zero-order valence-corrected chi connectivity index (χ0v) is 59.8. The van der Waals surface area contributed by atoms with Gasteiger partial charge in [-0.3, -0.25) is 0 Å². The molecule has 6 aliphatic rings. The Morgan fingerprint density at radius 2 is 0.500 bits per heavy atom. The van der Waals surface area contributed by atoms with Crippen LogP contribution >= 0.6 is 7.14 Å². The van der Waals surface area contributed by atoms with Gasteiger partial charge in [-0.05, 0) is 227 Å². The minimum absolute atomic E-state index is 0.00475. The zero-order chi connectivity index (χ0) is 70.2. The van der Waals surface area contributed by atoms with Gasteiger partial charge in [0.25, 0.3) is 0 Å². The van der Waals surface area contributed by atoms with Gasteiger partial charge in [-0.25, -0.2) is 0 Å². The first kappa shape index (κ1) is 60.0. The summed E-state index contributed by atoms with van der Waals surface area (Å²) in [4.78, 5) is 0. The first-order valence-electron chi connectivity index (χ1n) is 37.3. The predicted octanol–water partition coefficient (Wildman–Crippen LogP) is 24.1. The number of hydrogen-bond acceptors (Lipinski definition) is 1. The minimum Gasteiger partial charge on any atom is -0.309 e. The second-order valence-electron chi connectivity index (χ2n) is 31.1. The Bertz CT molecular complexity index is 6650. The van der Waals surface area contributed by atoms with Crippen LogP contribution < -0.4 is 15.9 Å². The van der Waals surface area contributed by atoms with Crippen LogP contribution in [0.5, 0.6) is 0 Å². The van der Waals surface area contributed by atoms with E-state index < -0.39 is 23.4 Å². The average Bonchev–Trinajstić information content (AvgIpc) is 1.52. The van der Waals surface area contributed by atoms with Gasteiger partial charge in [-0.15, -0.1) is 0 Å². The number of rotatable bonds is 6. The molecule has 0 saturated heterocycles. The van der Waals surface area contributed by atoms with Crippen LogP contribution in [0.15, 0.2) is 358 Å². The van der Waals surface area contributed by atoms with E-state index >= 15 is 4.57 Å². The molecule has 2 nitrogen and oxygen atoms in total. The molecule has 1 heterocycles. The van der Waals surface area contributed by atoms with E-state index in [2.05, 4.69) is 377 Å². The molecule has 0 amide bonds. The van der Waals surface area contributed by atoms with Crippen molar-refractivity contribution in [1.82, 2.24) is 4.57 Å². The molecule has 0 saturated carbocycles. The highest BCUT2D eigenvalue weighted by atomic mass is 31.2. The molecule has 0 aliphatic heterocycles. The molecule has 3 heteroatoms. The maximum absolute atomic E-state index is 17.9. The normalized spacial score (nSPS) is 16.0. The summed E-state index contributed by atoms with van der Waals surface area (Å²) in [5, 5.41) is 4.84. The Morgan fingerprint density at radius 1 is 0.236 bits per heavy atom. The van der Waals surface area contributed by atoms with Crippen LogP contribution in [-0.2, 0) is 26.2 Å². The van der Waals surface area contributed by atoms with Crippen molar-refractivity contribution >= 4 is 44.9 Å². The Balaban J connectivity index is 0.710. The fourth-order valence-corrected chi connectivity index (χ4v) is 23.6. The maximum atomic E-state index is 17.9. The van der Waals surface area contributed by atoms with Crippen LogP contribution in [0.3, 0.4) is 0 Å². The van der Waals surface area contributed by atoms with Gasteiger partial charge in [0.05, 0.1) is 27.3 Å². The van der Waals surface area contributed by atoms with Gasteiger partial charge in [-0.2, -0.15) is 0 Å². The number of hydrogen-bond donors (Lipinski definition) is 0. The lowest BCUT2D eigenvalue weighted by atomic mass is 9.70. The molecule has 23 rings (SSSR count). The number of aromatic nitrogens is 1. The molecular formula is C103H68NOP. The van der Waals surface area contributed by atoms with E-state index in [1.165, 1.54) is 150 Å². The fourth-order valence-electron chi connectivity index (χ4n) is 20.9. The Hall–Kier alpha value is -12.5. The van der Waals surface area contributed by atoms with Crippen LogP contribution in [0.25, 0.3) is 117 Å². The third-order valence-electron chi connectivity index (χ3n) is 25.3. The Kier molecular flexibility index (Phi) is 12.1. The monoisotopic (exact) mass is 1370 g/mol. The Labute approximate surface area is 617 Å². The highest BCUT2D eigenvalue weighted by Gasteiger charge is 2.56. The minimum atomic E-state index is -3.69. The van der Waals surface area contributed by atoms with E-state index in [1.54, 1.807) is 0 Å². The lowest BCUT2D eigenvalue weighted by Crippen LogP contribution is -2.31. The van der Waals surface area contributed by atoms with Crippen LogP contribution in [-0.4, -0.2) is 4.57 Å². The van der Waals surface area contributed by atoms with Crippen molar-refractivity contribution in [2.45, 2.75) is 42.4 Å². The van der Waals surface area contributed by atoms with E-state index in [9.17, 15) is 0 Å². The molecule has 6 aliphatic carbocycles. The van der Waals surface area contributed by atoms with Gasteiger partial charge >= 0.3 is 0 Å². The van der Waals surface area contributed by atoms with Crippen molar-refractivity contribution in [2.24, 2.45) is 0 Å². The third-order valence-corrected chi connectivity index (χ3v) is 28.4. The SMILES string of the molecule is CC(C)(C)c1ccc(-n2c3ccc(-c4ccc5c(c4)C4(c6ccccc6-c6ccccc64)c4ccccc4-5)cc3c3cc(-c4ccc5c(c4)C4(c6ccccc6-5)c5ccccc5-c5ccc(P(=O)(c6ccccc6)c6ccc7c(c6)C6(c8ccccc8-c8ccccc86)c6ccccc6-7)cc54)ccc32)cc1. The zero-order valence-electron chi connectivity index (χ0n) is 58.9. The van der Waals surface area contributed by atoms with E-state index in [0.29, 0.717) is 0 Å². The van der Waals surface area contributed by atoms with Crippen molar-refractivity contribution < 1.29 is 4.57 Å². The average molecular weight is 1370 g/mol. The molecule has 16 aromatic carbocycles. The molecule has 3 spiro atoms. The van der Waals surface area contributed by atoms with Crippen LogP contribution in [0.4, 0.5) is 0 Å². The van der Waals surface area contributed by atoms with Crippen LogP contribution in [0.2, 0.25) is 0 Å². The van der Waals surface area contributed by atoms with E-state index in [1.807, 2.05) is 6.07 Å². The van der Waals surface area contributed by atoms with Crippen molar-refractivity contribution in [2.75, 3.05) is 0 Å². The van der Waals surface area contributed by atoms with Crippen LogP contribution in [0, 0.1) is 0 Å². The molecule has 0 fully saturated rings. The maximum Gasteiger partial charge on any atom is 0.171 e. The molecule has 1 aromatic heterocycles. The second-order valence-corrected chi connectivity index (χ2v) is 33.9. The van der Waals surface area contributed by atoms with E-state index in [4.69, 9.17) is 0 Å². The van der Waals surface area contributed by atoms with Crippen molar-refractivity contribution in [3.8, 4) is 94.7 Å². The topological polar surface area (TPSA) is 22.0 Å². The molecule has 2 unspecified atom stereocenters.